The van der Waals surface area contributed by atoms with Crippen LogP contribution in [0.3, 0.4) is 0 Å². The van der Waals surface area contributed by atoms with Crippen molar-refractivity contribution in [3.63, 3.8) is 0 Å². The quantitative estimate of drug-likeness (QED) is 0.436. The van der Waals surface area contributed by atoms with Crippen LogP contribution in [0, 0.1) is 5.82 Å². The Balaban J connectivity index is 1.54. The summed E-state index contributed by atoms with van der Waals surface area (Å²) in [6.45, 7) is 1.89. The second-order valence-electron chi connectivity index (χ2n) is 6.82. The van der Waals surface area contributed by atoms with Gasteiger partial charge in [-0.05, 0) is 55.5 Å². The van der Waals surface area contributed by atoms with Crippen LogP contribution in [-0.2, 0) is 4.79 Å². The van der Waals surface area contributed by atoms with Crippen molar-refractivity contribution < 1.29 is 9.18 Å². The normalized spacial score (nSPS) is 11.8. The van der Waals surface area contributed by atoms with Gasteiger partial charge in [0.1, 0.15) is 5.82 Å². The molecule has 1 N–H and O–H groups in total. The van der Waals surface area contributed by atoms with Crippen molar-refractivity contribution in [3.05, 3.63) is 90.5 Å². The highest BCUT2D eigenvalue weighted by Gasteiger charge is 2.18. The molecule has 0 fully saturated rings. The van der Waals surface area contributed by atoms with Gasteiger partial charge in [-0.2, -0.15) is 0 Å². The number of para-hydroxylation sites is 1. The Morgan fingerprint density at radius 2 is 1.77 bits per heavy atom. The number of amides is 1. The first-order chi connectivity index (χ1) is 15.1. The van der Waals surface area contributed by atoms with E-state index in [9.17, 15) is 9.18 Å². The molecule has 4 rings (SSSR count). The van der Waals surface area contributed by atoms with Crippen molar-refractivity contribution in [1.29, 1.82) is 0 Å². The molecule has 0 bridgehead atoms. The summed E-state index contributed by atoms with van der Waals surface area (Å²) in [4.78, 5) is 16.8. The summed E-state index contributed by atoms with van der Waals surface area (Å²) in [6.07, 6.45) is 1.70. The Morgan fingerprint density at radius 3 is 2.48 bits per heavy atom. The Labute approximate surface area is 183 Å². The molecule has 1 atom stereocenters. The zero-order valence-electron chi connectivity index (χ0n) is 16.8. The molecule has 8 heteroatoms. The maximum atomic E-state index is 13.4. The van der Waals surface area contributed by atoms with Crippen LogP contribution in [0.1, 0.15) is 18.7 Å². The van der Waals surface area contributed by atoms with Crippen molar-refractivity contribution in [2.24, 2.45) is 0 Å². The van der Waals surface area contributed by atoms with Gasteiger partial charge in [0.15, 0.2) is 11.0 Å². The minimum atomic E-state index is -0.317. The van der Waals surface area contributed by atoms with Crippen molar-refractivity contribution in [3.8, 4) is 17.1 Å². The van der Waals surface area contributed by atoms with E-state index in [0.717, 1.165) is 16.9 Å². The average molecular weight is 434 g/mol. The SMILES string of the molecule is CC(NC(=O)CSc1nnc(-c2ccc(F)cc2)n1-c1ccccc1)c1ccccn1. The third kappa shape index (κ3) is 4.97. The molecule has 0 spiro atoms. The molecule has 0 aliphatic heterocycles. The van der Waals surface area contributed by atoms with Crippen molar-refractivity contribution >= 4 is 17.7 Å². The maximum Gasteiger partial charge on any atom is 0.231 e. The fourth-order valence-corrected chi connectivity index (χ4v) is 3.84. The summed E-state index contributed by atoms with van der Waals surface area (Å²) in [5.74, 6) is 0.304. The summed E-state index contributed by atoms with van der Waals surface area (Å²) < 4.78 is 15.2. The fraction of sp³-hybridized carbons (Fsp3) is 0.130. The molecule has 2 aromatic carbocycles. The van der Waals surface area contributed by atoms with Crippen LogP contribution in [0.5, 0.6) is 0 Å². The van der Waals surface area contributed by atoms with Crippen LogP contribution < -0.4 is 5.32 Å². The molecule has 2 heterocycles. The van der Waals surface area contributed by atoms with Gasteiger partial charge in [0.25, 0.3) is 0 Å². The van der Waals surface area contributed by atoms with Crippen LogP contribution in [-0.4, -0.2) is 31.4 Å². The van der Waals surface area contributed by atoms with Crippen LogP contribution in [0.15, 0.2) is 84.1 Å². The number of benzene rings is 2. The minimum absolute atomic E-state index is 0.130. The lowest BCUT2D eigenvalue weighted by atomic mass is 10.2. The van der Waals surface area contributed by atoms with Crippen molar-refractivity contribution in [2.45, 2.75) is 18.1 Å². The smallest absolute Gasteiger partial charge is 0.231 e. The topological polar surface area (TPSA) is 72.7 Å². The molecule has 0 radical (unpaired) electrons. The Hall–Kier alpha value is -3.52. The third-order valence-electron chi connectivity index (χ3n) is 4.59. The summed E-state index contributed by atoms with van der Waals surface area (Å²) in [7, 11) is 0. The van der Waals surface area contributed by atoms with E-state index in [1.54, 1.807) is 18.3 Å². The molecule has 1 amide bonds. The molecule has 0 saturated heterocycles. The van der Waals surface area contributed by atoms with Crippen LogP contribution in [0.25, 0.3) is 17.1 Å². The Bertz CT molecular complexity index is 1150. The lowest BCUT2D eigenvalue weighted by Crippen LogP contribution is -2.28. The van der Waals surface area contributed by atoms with Gasteiger partial charge in [0.05, 0.1) is 17.5 Å². The largest absolute Gasteiger partial charge is 0.347 e. The van der Waals surface area contributed by atoms with Crippen LogP contribution in [0.2, 0.25) is 0 Å². The maximum absolute atomic E-state index is 13.4. The summed E-state index contributed by atoms with van der Waals surface area (Å²) >= 11 is 1.29. The lowest BCUT2D eigenvalue weighted by molar-refractivity contribution is -0.119. The van der Waals surface area contributed by atoms with Gasteiger partial charge in [0.2, 0.25) is 5.91 Å². The fourth-order valence-electron chi connectivity index (χ4n) is 3.08. The molecule has 31 heavy (non-hydrogen) atoms. The molecular formula is C23H20FN5OS. The molecule has 0 aliphatic carbocycles. The molecule has 0 aliphatic rings. The second kappa shape index (κ2) is 9.53. The van der Waals surface area contributed by atoms with Gasteiger partial charge in [-0.1, -0.05) is 36.0 Å². The molecule has 2 aromatic heterocycles. The number of hydrogen-bond acceptors (Lipinski definition) is 5. The van der Waals surface area contributed by atoms with Gasteiger partial charge in [-0.3, -0.25) is 14.3 Å². The van der Waals surface area contributed by atoms with Gasteiger partial charge >= 0.3 is 0 Å². The van der Waals surface area contributed by atoms with E-state index < -0.39 is 0 Å². The number of rotatable bonds is 7. The van der Waals surface area contributed by atoms with Crippen LogP contribution >= 0.6 is 11.8 Å². The van der Waals surface area contributed by atoms with Crippen LogP contribution in [0.4, 0.5) is 4.39 Å². The first-order valence-corrected chi connectivity index (χ1v) is 10.7. The minimum Gasteiger partial charge on any atom is -0.347 e. The number of thioether (sulfide) groups is 1. The highest BCUT2D eigenvalue weighted by molar-refractivity contribution is 7.99. The van der Waals surface area contributed by atoms with E-state index in [1.165, 1.54) is 23.9 Å². The number of pyridine rings is 1. The van der Waals surface area contributed by atoms with E-state index in [2.05, 4.69) is 20.5 Å². The Morgan fingerprint density at radius 1 is 1.03 bits per heavy atom. The first-order valence-electron chi connectivity index (χ1n) is 9.71. The molecule has 156 valence electrons. The van der Waals surface area contributed by atoms with E-state index in [0.29, 0.717) is 11.0 Å². The van der Waals surface area contributed by atoms with Crippen molar-refractivity contribution in [2.75, 3.05) is 5.75 Å². The number of nitrogens with zero attached hydrogens (tertiary/aromatic N) is 4. The predicted octanol–water partition coefficient (Wildman–Crippen LogP) is 4.44. The van der Waals surface area contributed by atoms with Gasteiger partial charge in [-0.15, -0.1) is 10.2 Å². The summed E-state index contributed by atoms with van der Waals surface area (Å²) in [5.41, 5.74) is 2.39. The first kappa shape index (κ1) is 20.7. The number of aromatic nitrogens is 4. The second-order valence-corrected chi connectivity index (χ2v) is 7.76. The molecule has 1 unspecified atom stereocenters. The monoisotopic (exact) mass is 433 g/mol. The number of halogens is 1. The van der Waals surface area contributed by atoms with E-state index in [1.807, 2.05) is 60.0 Å². The van der Waals surface area contributed by atoms with Gasteiger partial charge in [-0.25, -0.2) is 4.39 Å². The van der Waals surface area contributed by atoms with Gasteiger partial charge in [0, 0.05) is 17.4 Å². The molecule has 6 nitrogen and oxygen atoms in total. The summed E-state index contributed by atoms with van der Waals surface area (Å²) in [6, 6.07) is 21.1. The molecular weight excluding hydrogens is 413 g/mol. The van der Waals surface area contributed by atoms with Crippen molar-refractivity contribution in [1.82, 2.24) is 25.1 Å². The zero-order chi connectivity index (χ0) is 21.6. The average Bonchev–Trinajstić information content (AvgIpc) is 3.23. The van der Waals surface area contributed by atoms with E-state index in [-0.39, 0.29) is 23.5 Å². The van der Waals surface area contributed by atoms with Gasteiger partial charge < -0.3 is 5.32 Å². The summed E-state index contributed by atoms with van der Waals surface area (Å²) in [5, 5.41) is 12.1. The van der Waals surface area contributed by atoms with E-state index >= 15 is 0 Å². The number of hydrogen-bond donors (Lipinski definition) is 1. The standard InChI is InChI=1S/C23H20FN5OS/c1-16(20-9-5-6-14-25-20)26-21(30)15-31-23-28-27-22(17-10-12-18(24)13-11-17)29(23)19-7-3-2-4-8-19/h2-14,16H,15H2,1H3,(H,26,30). The number of carbonyl (C=O) groups is 1. The highest BCUT2D eigenvalue weighted by Crippen LogP contribution is 2.28. The van der Waals surface area contributed by atoms with E-state index in [4.69, 9.17) is 0 Å². The lowest BCUT2D eigenvalue weighted by Gasteiger charge is -2.13. The molecule has 4 aromatic rings. The third-order valence-corrected chi connectivity index (χ3v) is 5.52. The zero-order valence-corrected chi connectivity index (χ0v) is 17.6. The molecule has 0 saturated carbocycles. The Kier molecular flexibility index (Phi) is 6.37. The number of carbonyl (C=O) groups excluding carboxylic acids is 1. The highest BCUT2D eigenvalue weighted by atomic mass is 32.2. The predicted molar refractivity (Wildman–Crippen MR) is 118 cm³/mol. The number of nitrogens with one attached hydrogen (secondary N) is 1.